The van der Waals surface area contributed by atoms with Crippen LogP contribution in [0.2, 0.25) is 10.0 Å². The monoisotopic (exact) mass is 370 g/mol. The summed E-state index contributed by atoms with van der Waals surface area (Å²) in [6, 6.07) is 4.97. The minimum atomic E-state index is -0.225. The van der Waals surface area contributed by atoms with Crippen molar-refractivity contribution in [2.24, 2.45) is 11.8 Å². The maximum absolute atomic E-state index is 12.4. The Morgan fingerprint density at radius 3 is 1.83 bits per heavy atom. The minimum Gasteiger partial charge on any atom is -0.351 e. The van der Waals surface area contributed by atoms with Crippen LogP contribution in [0.3, 0.4) is 0 Å². The molecule has 6 heteroatoms. The molecular weight excluding hydrogens is 347 g/mol. The molecule has 0 spiro atoms. The average Bonchev–Trinajstić information content (AvgIpc) is 2.44. The molecule has 0 radical (unpaired) electrons. The summed E-state index contributed by atoms with van der Waals surface area (Å²) in [4.78, 5) is 24.6. The second-order valence-corrected chi connectivity index (χ2v) is 8.31. The molecule has 1 saturated carbocycles. The first-order valence-corrected chi connectivity index (χ1v) is 8.98. The van der Waals surface area contributed by atoms with Crippen LogP contribution in [0, 0.1) is 11.8 Å². The standard InChI is InChI=1S/C18H24Cl2N2O2/c1-18(2,3)22-17(24)12-6-4-11(5-7-12)16(23)21-15-9-13(19)8-14(20)10-15/h8-12H,4-7H2,1-3H3,(H,21,23)(H,22,24). The molecule has 0 unspecified atom stereocenters. The van der Waals surface area contributed by atoms with Gasteiger partial charge in [-0.1, -0.05) is 23.2 Å². The molecule has 0 bridgehead atoms. The molecule has 132 valence electrons. The van der Waals surface area contributed by atoms with E-state index in [9.17, 15) is 9.59 Å². The van der Waals surface area contributed by atoms with E-state index in [1.54, 1.807) is 18.2 Å². The van der Waals surface area contributed by atoms with Crippen molar-refractivity contribution in [1.29, 1.82) is 0 Å². The van der Waals surface area contributed by atoms with Gasteiger partial charge in [0.25, 0.3) is 0 Å². The smallest absolute Gasteiger partial charge is 0.227 e. The van der Waals surface area contributed by atoms with Crippen LogP contribution < -0.4 is 10.6 Å². The number of rotatable bonds is 3. The highest BCUT2D eigenvalue weighted by molar-refractivity contribution is 6.35. The zero-order valence-corrected chi connectivity index (χ0v) is 15.8. The normalized spacial score (nSPS) is 21.2. The molecule has 0 aliphatic heterocycles. The third-order valence-corrected chi connectivity index (χ3v) is 4.53. The first-order chi connectivity index (χ1) is 11.1. The molecule has 2 rings (SSSR count). The Morgan fingerprint density at radius 2 is 1.38 bits per heavy atom. The summed E-state index contributed by atoms with van der Waals surface area (Å²) >= 11 is 11.9. The van der Waals surface area contributed by atoms with Crippen molar-refractivity contribution in [2.45, 2.75) is 52.0 Å². The number of anilines is 1. The van der Waals surface area contributed by atoms with Gasteiger partial charge in [0.1, 0.15) is 0 Å². The fourth-order valence-electron chi connectivity index (χ4n) is 2.96. The highest BCUT2D eigenvalue weighted by atomic mass is 35.5. The quantitative estimate of drug-likeness (QED) is 0.812. The molecule has 0 saturated heterocycles. The third-order valence-electron chi connectivity index (χ3n) is 4.10. The minimum absolute atomic E-state index is 0.00566. The van der Waals surface area contributed by atoms with Gasteiger partial charge in [0.15, 0.2) is 0 Å². The van der Waals surface area contributed by atoms with E-state index in [0.717, 1.165) is 12.8 Å². The Labute approximate surface area is 153 Å². The topological polar surface area (TPSA) is 58.2 Å². The Kier molecular flexibility index (Phi) is 6.16. The van der Waals surface area contributed by atoms with Crippen LogP contribution in [0.5, 0.6) is 0 Å². The number of nitrogens with one attached hydrogen (secondary N) is 2. The summed E-state index contributed by atoms with van der Waals surface area (Å²) in [6.07, 6.45) is 2.89. The molecular formula is C18H24Cl2N2O2. The van der Waals surface area contributed by atoms with E-state index < -0.39 is 0 Å². The van der Waals surface area contributed by atoms with Crippen LogP contribution in [0.25, 0.3) is 0 Å². The van der Waals surface area contributed by atoms with E-state index in [2.05, 4.69) is 10.6 Å². The van der Waals surface area contributed by atoms with Crippen LogP contribution in [-0.4, -0.2) is 17.4 Å². The van der Waals surface area contributed by atoms with Gasteiger partial charge < -0.3 is 10.6 Å². The molecule has 1 aromatic carbocycles. The second-order valence-electron chi connectivity index (χ2n) is 7.44. The van der Waals surface area contributed by atoms with Crippen molar-refractivity contribution in [3.63, 3.8) is 0 Å². The molecule has 1 aliphatic rings. The maximum atomic E-state index is 12.4. The van der Waals surface area contributed by atoms with Crippen molar-refractivity contribution in [2.75, 3.05) is 5.32 Å². The summed E-state index contributed by atoms with van der Waals surface area (Å²) in [5.74, 6) is -0.0404. The fraction of sp³-hybridized carbons (Fsp3) is 0.556. The van der Waals surface area contributed by atoms with Gasteiger partial charge in [0.2, 0.25) is 11.8 Å². The van der Waals surface area contributed by atoms with Gasteiger partial charge in [0.05, 0.1) is 0 Å². The lowest BCUT2D eigenvalue weighted by Crippen LogP contribution is -2.45. The molecule has 4 nitrogen and oxygen atoms in total. The van der Waals surface area contributed by atoms with Crippen LogP contribution in [-0.2, 0) is 9.59 Å². The number of halogens is 2. The van der Waals surface area contributed by atoms with Crippen LogP contribution >= 0.6 is 23.2 Å². The zero-order valence-electron chi connectivity index (χ0n) is 14.3. The van der Waals surface area contributed by atoms with E-state index >= 15 is 0 Å². The molecule has 0 heterocycles. The SMILES string of the molecule is CC(C)(C)NC(=O)C1CCC(C(=O)Nc2cc(Cl)cc(Cl)c2)CC1. The fourth-order valence-corrected chi connectivity index (χ4v) is 3.49. The predicted molar refractivity (Wildman–Crippen MR) is 98.4 cm³/mol. The Hall–Kier alpha value is -1.26. The summed E-state index contributed by atoms with van der Waals surface area (Å²) in [6.45, 7) is 5.92. The summed E-state index contributed by atoms with van der Waals surface area (Å²) in [5.41, 5.74) is 0.377. The number of hydrogen-bond acceptors (Lipinski definition) is 2. The first-order valence-electron chi connectivity index (χ1n) is 8.23. The number of carbonyl (C=O) groups is 2. The van der Waals surface area contributed by atoms with Gasteiger partial charge in [0, 0.05) is 33.1 Å². The average molecular weight is 371 g/mol. The van der Waals surface area contributed by atoms with Crippen molar-refractivity contribution in [1.82, 2.24) is 5.32 Å². The number of benzene rings is 1. The van der Waals surface area contributed by atoms with Crippen LogP contribution in [0.4, 0.5) is 5.69 Å². The van der Waals surface area contributed by atoms with Gasteiger partial charge in [-0.15, -0.1) is 0 Å². The maximum Gasteiger partial charge on any atom is 0.227 e. The van der Waals surface area contributed by atoms with Crippen molar-refractivity contribution in [3.05, 3.63) is 28.2 Å². The Morgan fingerprint density at radius 1 is 0.917 bits per heavy atom. The molecule has 2 amide bonds. The van der Waals surface area contributed by atoms with Gasteiger partial charge in [-0.05, 0) is 64.7 Å². The van der Waals surface area contributed by atoms with Gasteiger partial charge in [-0.3, -0.25) is 9.59 Å². The molecule has 1 fully saturated rings. The van der Waals surface area contributed by atoms with Gasteiger partial charge in [-0.2, -0.15) is 0 Å². The lowest BCUT2D eigenvalue weighted by atomic mass is 9.81. The van der Waals surface area contributed by atoms with Crippen LogP contribution in [0.15, 0.2) is 18.2 Å². The van der Waals surface area contributed by atoms with Gasteiger partial charge in [-0.25, -0.2) is 0 Å². The van der Waals surface area contributed by atoms with Crippen molar-refractivity contribution in [3.8, 4) is 0 Å². The Balaban J connectivity index is 1.87. The zero-order chi connectivity index (χ0) is 17.9. The lowest BCUT2D eigenvalue weighted by molar-refractivity contribution is -0.129. The predicted octanol–water partition coefficient (Wildman–Crippen LogP) is 4.65. The van der Waals surface area contributed by atoms with E-state index in [1.807, 2.05) is 20.8 Å². The molecule has 2 N–H and O–H groups in total. The Bertz CT molecular complexity index is 598. The largest absolute Gasteiger partial charge is 0.351 e. The highest BCUT2D eigenvalue weighted by Crippen LogP contribution is 2.31. The lowest BCUT2D eigenvalue weighted by Gasteiger charge is -2.30. The molecule has 0 atom stereocenters. The van der Waals surface area contributed by atoms with Crippen LogP contribution in [0.1, 0.15) is 46.5 Å². The molecule has 0 aromatic heterocycles. The third kappa shape index (κ3) is 5.67. The number of carbonyl (C=O) groups excluding carboxylic acids is 2. The van der Waals surface area contributed by atoms with Crippen molar-refractivity contribution < 1.29 is 9.59 Å². The summed E-state index contributed by atoms with van der Waals surface area (Å²) in [7, 11) is 0. The summed E-state index contributed by atoms with van der Waals surface area (Å²) in [5, 5.41) is 6.86. The molecule has 24 heavy (non-hydrogen) atoms. The highest BCUT2D eigenvalue weighted by Gasteiger charge is 2.31. The van der Waals surface area contributed by atoms with E-state index in [4.69, 9.17) is 23.2 Å². The van der Waals surface area contributed by atoms with Gasteiger partial charge >= 0.3 is 0 Å². The number of hydrogen-bond donors (Lipinski definition) is 2. The summed E-state index contributed by atoms with van der Waals surface area (Å²) < 4.78 is 0. The van der Waals surface area contributed by atoms with E-state index in [-0.39, 0.29) is 29.2 Å². The first kappa shape index (κ1) is 19.1. The van der Waals surface area contributed by atoms with E-state index in [0.29, 0.717) is 28.6 Å². The molecule has 1 aliphatic carbocycles. The number of amides is 2. The van der Waals surface area contributed by atoms with E-state index in [1.165, 1.54) is 0 Å². The second kappa shape index (κ2) is 7.75. The molecule has 1 aromatic rings. The van der Waals surface area contributed by atoms with Crippen molar-refractivity contribution >= 4 is 40.7 Å².